The Kier molecular flexibility index (Phi) is 4.88. The Hall–Kier alpha value is -2.63. The van der Waals surface area contributed by atoms with Crippen molar-refractivity contribution in [3.8, 4) is 11.8 Å². The van der Waals surface area contributed by atoms with Crippen LogP contribution in [0, 0.1) is 11.8 Å². The molecule has 0 atom stereocenters. The monoisotopic (exact) mass is 262 g/mol. The number of allylic oxidation sites excluding steroid dienone is 1. The molecule has 0 saturated heterocycles. The maximum Gasteiger partial charge on any atom is 0.150 e. The molecule has 2 aromatic rings. The first kappa shape index (κ1) is 13.8. The summed E-state index contributed by atoms with van der Waals surface area (Å²) in [4.78, 5) is 10.5. The number of carbonyl (C=O) groups is 1. The van der Waals surface area contributed by atoms with Crippen molar-refractivity contribution in [3.05, 3.63) is 76.9 Å². The van der Waals surface area contributed by atoms with E-state index in [1.807, 2.05) is 42.5 Å². The quantitative estimate of drug-likeness (QED) is 0.682. The highest BCUT2D eigenvalue weighted by molar-refractivity contribution is 5.74. The molecule has 0 aliphatic carbocycles. The molecule has 2 rings (SSSR count). The van der Waals surface area contributed by atoms with Crippen molar-refractivity contribution in [1.82, 2.24) is 0 Å². The lowest BCUT2D eigenvalue weighted by Gasteiger charge is -1.95. The van der Waals surface area contributed by atoms with Gasteiger partial charge in [0.05, 0.1) is 6.61 Å². The van der Waals surface area contributed by atoms with E-state index < -0.39 is 0 Å². The van der Waals surface area contributed by atoms with Gasteiger partial charge in [-0.1, -0.05) is 48.2 Å². The van der Waals surface area contributed by atoms with Crippen LogP contribution in [-0.4, -0.2) is 11.4 Å². The lowest BCUT2D eigenvalue weighted by atomic mass is 10.1. The van der Waals surface area contributed by atoms with Gasteiger partial charge in [0.1, 0.15) is 6.29 Å². The SMILES string of the molecule is O=Cc1ccc(C#C/C=C/c2ccc(CO)cc2)cc1. The second-order valence-electron chi connectivity index (χ2n) is 4.24. The average molecular weight is 262 g/mol. The third kappa shape index (κ3) is 3.94. The van der Waals surface area contributed by atoms with E-state index >= 15 is 0 Å². The van der Waals surface area contributed by atoms with Crippen LogP contribution in [0.4, 0.5) is 0 Å². The fourth-order valence-electron chi connectivity index (χ4n) is 1.64. The van der Waals surface area contributed by atoms with Crippen LogP contribution in [0.5, 0.6) is 0 Å². The molecule has 2 aromatic carbocycles. The molecule has 1 N–H and O–H groups in total. The van der Waals surface area contributed by atoms with Crippen LogP contribution in [0.1, 0.15) is 27.0 Å². The van der Waals surface area contributed by atoms with Crippen molar-refractivity contribution >= 4 is 12.4 Å². The number of aliphatic hydroxyl groups excluding tert-OH is 1. The summed E-state index contributed by atoms with van der Waals surface area (Å²) in [7, 11) is 0. The van der Waals surface area contributed by atoms with Crippen molar-refractivity contribution in [2.75, 3.05) is 0 Å². The van der Waals surface area contributed by atoms with Crippen LogP contribution in [0.15, 0.2) is 54.6 Å². The molecule has 0 fully saturated rings. The minimum absolute atomic E-state index is 0.0561. The van der Waals surface area contributed by atoms with Crippen LogP contribution in [0.3, 0.4) is 0 Å². The highest BCUT2D eigenvalue weighted by atomic mass is 16.3. The maximum atomic E-state index is 10.5. The lowest BCUT2D eigenvalue weighted by Crippen LogP contribution is -1.81. The van der Waals surface area contributed by atoms with Crippen LogP contribution >= 0.6 is 0 Å². The van der Waals surface area contributed by atoms with Gasteiger partial charge >= 0.3 is 0 Å². The van der Waals surface area contributed by atoms with Crippen molar-refractivity contribution in [1.29, 1.82) is 0 Å². The number of aliphatic hydroxyl groups is 1. The summed E-state index contributed by atoms with van der Waals surface area (Å²) in [6, 6.07) is 14.8. The Balaban J connectivity index is 2.01. The molecule has 98 valence electrons. The summed E-state index contributed by atoms with van der Waals surface area (Å²) < 4.78 is 0. The summed E-state index contributed by atoms with van der Waals surface area (Å²) in [5.41, 5.74) is 3.45. The Labute approximate surface area is 118 Å². The van der Waals surface area contributed by atoms with Crippen molar-refractivity contribution in [3.63, 3.8) is 0 Å². The zero-order valence-electron chi connectivity index (χ0n) is 10.9. The summed E-state index contributed by atoms with van der Waals surface area (Å²) in [5, 5.41) is 8.94. The van der Waals surface area contributed by atoms with E-state index in [4.69, 9.17) is 5.11 Å². The molecule has 20 heavy (non-hydrogen) atoms. The zero-order chi connectivity index (χ0) is 14.2. The van der Waals surface area contributed by atoms with Gasteiger partial charge in [0.25, 0.3) is 0 Å². The van der Waals surface area contributed by atoms with E-state index in [0.717, 1.165) is 23.0 Å². The van der Waals surface area contributed by atoms with E-state index in [2.05, 4.69) is 11.8 Å². The second kappa shape index (κ2) is 7.08. The van der Waals surface area contributed by atoms with Gasteiger partial charge in [-0.25, -0.2) is 0 Å². The fourth-order valence-corrected chi connectivity index (χ4v) is 1.64. The highest BCUT2D eigenvalue weighted by Crippen LogP contribution is 2.06. The first-order chi connectivity index (χ1) is 9.81. The largest absolute Gasteiger partial charge is 0.392 e. The van der Waals surface area contributed by atoms with Gasteiger partial charge in [-0.3, -0.25) is 4.79 Å². The minimum atomic E-state index is 0.0561. The standard InChI is InChI=1S/C18H14O2/c19-13-17-9-5-15(6-10-17)3-1-2-4-16-7-11-18(14-20)12-8-16/h1,3,5-12,14,19H,13H2/b3-1+. The Morgan fingerprint density at radius 3 is 2.20 bits per heavy atom. The van der Waals surface area contributed by atoms with Gasteiger partial charge in [-0.2, -0.15) is 0 Å². The molecule has 0 saturated carbocycles. The summed E-state index contributed by atoms with van der Waals surface area (Å²) in [6.07, 6.45) is 4.50. The third-order valence-corrected chi connectivity index (χ3v) is 2.78. The number of carbonyl (C=O) groups excluding carboxylic acids is 1. The predicted octanol–water partition coefficient (Wildman–Crippen LogP) is 3.06. The van der Waals surface area contributed by atoms with Gasteiger partial charge in [-0.15, -0.1) is 0 Å². The molecule has 0 unspecified atom stereocenters. The molecule has 2 nitrogen and oxygen atoms in total. The maximum absolute atomic E-state index is 10.5. The lowest BCUT2D eigenvalue weighted by molar-refractivity contribution is 0.112. The summed E-state index contributed by atoms with van der Waals surface area (Å²) in [6.45, 7) is 0.0561. The first-order valence-electron chi connectivity index (χ1n) is 6.25. The first-order valence-corrected chi connectivity index (χ1v) is 6.25. The fraction of sp³-hybridized carbons (Fsp3) is 0.0556. The van der Waals surface area contributed by atoms with Crippen LogP contribution < -0.4 is 0 Å². The number of hydrogen-bond acceptors (Lipinski definition) is 2. The molecule has 0 heterocycles. The molecule has 0 aliphatic rings. The van der Waals surface area contributed by atoms with Crippen molar-refractivity contribution < 1.29 is 9.90 Å². The zero-order valence-corrected chi connectivity index (χ0v) is 10.9. The van der Waals surface area contributed by atoms with Gasteiger partial charge in [0, 0.05) is 11.1 Å². The van der Waals surface area contributed by atoms with Gasteiger partial charge in [0.15, 0.2) is 0 Å². The molecular weight excluding hydrogens is 248 g/mol. The van der Waals surface area contributed by atoms with Crippen molar-refractivity contribution in [2.24, 2.45) is 0 Å². The van der Waals surface area contributed by atoms with Gasteiger partial charge < -0.3 is 5.11 Å². The van der Waals surface area contributed by atoms with E-state index in [0.29, 0.717) is 5.56 Å². The Morgan fingerprint density at radius 2 is 1.60 bits per heavy atom. The van der Waals surface area contributed by atoms with Crippen molar-refractivity contribution in [2.45, 2.75) is 6.61 Å². The topological polar surface area (TPSA) is 37.3 Å². The number of rotatable bonds is 3. The second-order valence-corrected chi connectivity index (χ2v) is 4.24. The molecular formula is C18H14O2. The number of aldehydes is 1. The predicted molar refractivity (Wildman–Crippen MR) is 80.1 cm³/mol. The van der Waals surface area contributed by atoms with E-state index in [1.54, 1.807) is 18.2 Å². The molecule has 0 spiro atoms. The molecule has 0 aliphatic heterocycles. The minimum Gasteiger partial charge on any atom is -0.392 e. The number of benzene rings is 2. The van der Waals surface area contributed by atoms with E-state index in [1.165, 1.54) is 0 Å². The molecule has 0 bridgehead atoms. The summed E-state index contributed by atoms with van der Waals surface area (Å²) >= 11 is 0. The molecule has 0 aromatic heterocycles. The molecule has 0 amide bonds. The van der Waals surface area contributed by atoms with Gasteiger partial charge in [0.2, 0.25) is 0 Å². The van der Waals surface area contributed by atoms with Crippen LogP contribution in [0.25, 0.3) is 6.08 Å². The number of hydrogen-bond donors (Lipinski definition) is 1. The van der Waals surface area contributed by atoms with E-state index in [-0.39, 0.29) is 6.61 Å². The van der Waals surface area contributed by atoms with Gasteiger partial charge in [-0.05, 0) is 35.4 Å². The van der Waals surface area contributed by atoms with Crippen LogP contribution in [-0.2, 0) is 6.61 Å². The van der Waals surface area contributed by atoms with Crippen LogP contribution in [0.2, 0.25) is 0 Å². The molecule has 2 heteroatoms. The Morgan fingerprint density at radius 1 is 0.950 bits per heavy atom. The highest BCUT2D eigenvalue weighted by Gasteiger charge is 1.90. The smallest absolute Gasteiger partial charge is 0.150 e. The molecule has 0 radical (unpaired) electrons. The third-order valence-electron chi connectivity index (χ3n) is 2.78. The normalized spacial score (nSPS) is 10.1. The van der Waals surface area contributed by atoms with E-state index in [9.17, 15) is 4.79 Å². The summed E-state index contributed by atoms with van der Waals surface area (Å²) in [5.74, 6) is 5.94. The Bertz CT molecular complexity index is 653. The average Bonchev–Trinajstić information content (AvgIpc) is 2.53.